The molecule has 0 bridgehead atoms. The zero-order valence-corrected chi connectivity index (χ0v) is 11.1. The van der Waals surface area contributed by atoms with Crippen LogP contribution in [0.5, 0.6) is 0 Å². The minimum atomic E-state index is -0.457. The van der Waals surface area contributed by atoms with E-state index in [9.17, 15) is 9.18 Å². The summed E-state index contributed by atoms with van der Waals surface area (Å²) >= 11 is 0. The van der Waals surface area contributed by atoms with Crippen molar-refractivity contribution in [3.05, 3.63) is 53.2 Å². The van der Waals surface area contributed by atoms with Crippen LogP contribution in [0.2, 0.25) is 0 Å². The number of carbonyl (C=O) groups excluding carboxylic acids is 1. The maximum atomic E-state index is 13.5. The standard InChI is InChI=1S/C14H13FN4O/c1-8-12(9(2)20)13(10-4-3-5-11(15)6-10)19-14(18-8)16-7-17-19/h3-7,13H,1-2H3,(H,16,17,18)/t13-/m0/s1. The number of nitrogens with zero attached hydrogens (tertiary/aromatic N) is 3. The number of carbonyl (C=O) groups is 1. The molecule has 0 saturated heterocycles. The van der Waals surface area contributed by atoms with Crippen molar-refractivity contribution in [2.75, 3.05) is 5.32 Å². The first-order valence-electron chi connectivity index (χ1n) is 6.21. The van der Waals surface area contributed by atoms with Crippen molar-refractivity contribution in [2.45, 2.75) is 19.9 Å². The number of hydrogen-bond acceptors (Lipinski definition) is 4. The first kappa shape index (κ1) is 12.5. The van der Waals surface area contributed by atoms with Crippen LogP contribution in [-0.4, -0.2) is 20.5 Å². The van der Waals surface area contributed by atoms with Gasteiger partial charge in [0.25, 0.3) is 0 Å². The van der Waals surface area contributed by atoms with E-state index in [1.165, 1.54) is 25.4 Å². The summed E-state index contributed by atoms with van der Waals surface area (Å²) in [5.74, 6) is 0.121. The van der Waals surface area contributed by atoms with Gasteiger partial charge < -0.3 is 5.32 Å². The summed E-state index contributed by atoms with van der Waals surface area (Å²) < 4.78 is 15.1. The van der Waals surface area contributed by atoms with Crippen LogP contribution >= 0.6 is 0 Å². The molecule has 0 unspecified atom stereocenters. The second kappa shape index (κ2) is 4.56. The molecule has 0 amide bonds. The topological polar surface area (TPSA) is 59.8 Å². The molecule has 0 spiro atoms. The lowest BCUT2D eigenvalue weighted by Crippen LogP contribution is -2.27. The Morgan fingerprint density at radius 3 is 2.95 bits per heavy atom. The van der Waals surface area contributed by atoms with Gasteiger partial charge in [0.1, 0.15) is 18.2 Å². The Morgan fingerprint density at radius 1 is 1.45 bits per heavy atom. The Kier molecular flexibility index (Phi) is 2.85. The number of fused-ring (bicyclic) bond motifs is 1. The lowest BCUT2D eigenvalue weighted by Gasteiger charge is -2.28. The summed E-state index contributed by atoms with van der Waals surface area (Å²) in [6, 6.07) is 5.73. The molecule has 2 heterocycles. The summed E-state index contributed by atoms with van der Waals surface area (Å²) in [4.78, 5) is 16.1. The summed E-state index contributed by atoms with van der Waals surface area (Å²) in [7, 11) is 0. The number of rotatable bonds is 2. The fourth-order valence-corrected chi connectivity index (χ4v) is 2.53. The van der Waals surface area contributed by atoms with Crippen molar-refractivity contribution >= 4 is 11.7 Å². The predicted molar refractivity (Wildman–Crippen MR) is 71.6 cm³/mol. The summed E-state index contributed by atoms with van der Waals surface area (Å²) in [5, 5.41) is 7.19. The van der Waals surface area contributed by atoms with Crippen LogP contribution in [0.4, 0.5) is 10.3 Å². The first-order valence-corrected chi connectivity index (χ1v) is 6.21. The Bertz CT molecular complexity index is 719. The third-order valence-corrected chi connectivity index (χ3v) is 3.34. The number of benzene rings is 1. The molecule has 1 aliphatic heterocycles. The summed E-state index contributed by atoms with van der Waals surface area (Å²) in [6.07, 6.45) is 1.41. The Hall–Kier alpha value is -2.50. The Morgan fingerprint density at radius 2 is 2.25 bits per heavy atom. The zero-order chi connectivity index (χ0) is 14.3. The molecule has 0 radical (unpaired) electrons. The van der Waals surface area contributed by atoms with E-state index in [1.54, 1.807) is 23.7 Å². The second-order valence-electron chi connectivity index (χ2n) is 4.71. The first-order chi connectivity index (χ1) is 9.58. The molecule has 6 heteroatoms. The van der Waals surface area contributed by atoms with Crippen LogP contribution in [0.1, 0.15) is 25.5 Å². The van der Waals surface area contributed by atoms with Gasteiger partial charge in [-0.2, -0.15) is 10.1 Å². The van der Waals surface area contributed by atoms with Crippen molar-refractivity contribution in [1.29, 1.82) is 0 Å². The fourth-order valence-electron chi connectivity index (χ4n) is 2.53. The second-order valence-corrected chi connectivity index (χ2v) is 4.71. The smallest absolute Gasteiger partial charge is 0.226 e. The number of Topliss-reactive ketones (excluding diaryl/α,β-unsaturated/α-hetero) is 1. The Labute approximate surface area is 115 Å². The molecule has 1 aromatic carbocycles. The Balaban J connectivity index is 2.22. The molecular formula is C14H13FN4O. The molecular weight excluding hydrogens is 259 g/mol. The van der Waals surface area contributed by atoms with E-state index in [0.717, 1.165) is 0 Å². The van der Waals surface area contributed by atoms with E-state index >= 15 is 0 Å². The number of aromatic nitrogens is 3. The van der Waals surface area contributed by atoms with E-state index in [2.05, 4.69) is 15.4 Å². The van der Waals surface area contributed by atoms with Gasteiger partial charge in [-0.25, -0.2) is 9.07 Å². The van der Waals surface area contributed by atoms with E-state index in [1.807, 2.05) is 0 Å². The van der Waals surface area contributed by atoms with Gasteiger partial charge in [0.05, 0.1) is 0 Å². The average molecular weight is 272 g/mol. The fraction of sp³-hybridized carbons (Fsp3) is 0.214. The highest BCUT2D eigenvalue weighted by Crippen LogP contribution is 2.34. The quantitative estimate of drug-likeness (QED) is 0.911. The number of allylic oxidation sites excluding steroid dienone is 2. The monoisotopic (exact) mass is 272 g/mol. The van der Waals surface area contributed by atoms with E-state index in [-0.39, 0.29) is 11.6 Å². The maximum Gasteiger partial charge on any atom is 0.226 e. The maximum absolute atomic E-state index is 13.5. The molecule has 1 aromatic heterocycles. The molecule has 20 heavy (non-hydrogen) atoms. The van der Waals surface area contributed by atoms with Crippen LogP contribution < -0.4 is 5.32 Å². The number of nitrogens with one attached hydrogen (secondary N) is 1. The largest absolute Gasteiger partial charge is 0.328 e. The van der Waals surface area contributed by atoms with Crippen LogP contribution in [-0.2, 0) is 4.79 Å². The minimum Gasteiger partial charge on any atom is -0.328 e. The molecule has 1 aliphatic rings. The molecule has 5 nitrogen and oxygen atoms in total. The zero-order valence-electron chi connectivity index (χ0n) is 11.1. The van der Waals surface area contributed by atoms with E-state index in [0.29, 0.717) is 22.8 Å². The van der Waals surface area contributed by atoms with Crippen LogP contribution in [0, 0.1) is 5.82 Å². The predicted octanol–water partition coefficient (Wildman–Crippen LogP) is 2.30. The molecule has 102 valence electrons. The van der Waals surface area contributed by atoms with Gasteiger partial charge in [0, 0.05) is 11.3 Å². The molecule has 1 N–H and O–H groups in total. The molecule has 0 aliphatic carbocycles. The lowest BCUT2D eigenvalue weighted by molar-refractivity contribution is -0.114. The lowest BCUT2D eigenvalue weighted by atomic mass is 9.93. The minimum absolute atomic E-state index is 0.0783. The van der Waals surface area contributed by atoms with Crippen molar-refractivity contribution < 1.29 is 9.18 Å². The van der Waals surface area contributed by atoms with Crippen molar-refractivity contribution in [3.8, 4) is 0 Å². The van der Waals surface area contributed by atoms with Gasteiger partial charge in [-0.1, -0.05) is 12.1 Å². The molecule has 0 saturated carbocycles. The van der Waals surface area contributed by atoms with Crippen LogP contribution in [0.25, 0.3) is 0 Å². The van der Waals surface area contributed by atoms with E-state index in [4.69, 9.17) is 0 Å². The van der Waals surface area contributed by atoms with Crippen LogP contribution in [0.3, 0.4) is 0 Å². The number of hydrogen-bond donors (Lipinski definition) is 1. The average Bonchev–Trinajstić information content (AvgIpc) is 2.84. The van der Waals surface area contributed by atoms with Crippen molar-refractivity contribution in [3.63, 3.8) is 0 Å². The van der Waals surface area contributed by atoms with Gasteiger partial charge >= 0.3 is 0 Å². The third-order valence-electron chi connectivity index (χ3n) is 3.34. The molecule has 0 fully saturated rings. The highest BCUT2D eigenvalue weighted by molar-refractivity contribution is 5.96. The third kappa shape index (κ3) is 1.89. The van der Waals surface area contributed by atoms with Gasteiger partial charge in [-0.15, -0.1) is 0 Å². The van der Waals surface area contributed by atoms with Gasteiger partial charge in [-0.05, 0) is 31.5 Å². The molecule has 3 rings (SSSR count). The molecule has 1 atom stereocenters. The van der Waals surface area contributed by atoms with Crippen molar-refractivity contribution in [1.82, 2.24) is 14.8 Å². The summed E-state index contributed by atoms with van der Waals surface area (Å²) in [6.45, 7) is 3.30. The normalized spacial score (nSPS) is 17.6. The number of ketones is 1. The summed E-state index contributed by atoms with van der Waals surface area (Å²) in [5.41, 5.74) is 1.95. The molecule has 2 aromatic rings. The highest BCUT2D eigenvalue weighted by atomic mass is 19.1. The van der Waals surface area contributed by atoms with Crippen molar-refractivity contribution in [2.24, 2.45) is 0 Å². The SMILES string of the molecule is CC(=O)C1=C(C)Nc2ncnn2[C@H]1c1cccc(F)c1. The van der Waals surface area contributed by atoms with Gasteiger partial charge in [-0.3, -0.25) is 4.79 Å². The van der Waals surface area contributed by atoms with Gasteiger partial charge in [0.2, 0.25) is 5.95 Å². The van der Waals surface area contributed by atoms with Gasteiger partial charge in [0.15, 0.2) is 5.78 Å². The number of halogens is 1. The highest BCUT2D eigenvalue weighted by Gasteiger charge is 2.31. The van der Waals surface area contributed by atoms with E-state index < -0.39 is 6.04 Å². The number of anilines is 1. The van der Waals surface area contributed by atoms with Crippen LogP contribution in [0.15, 0.2) is 41.9 Å².